The summed E-state index contributed by atoms with van der Waals surface area (Å²) in [5.41, 5.74) is 0.263. The van der Waals surface area contributed by atoms with E-state index in [1.807, 2.05) is 12.1 Å². The van der Waals surface area contributed by atoms with Gasteiger partial charge in [-0.1, -0.05) is 12.8 Å². The van der Waals surface area contributed by atoms with Gasteiger partial charge in [0.15, 0.2) is 0 Å². The lowest BCUT2D eigenvalue weighted by molar-refractivity contribution is 0.341. The average molecular weight is 204 g/mol. The number of nitrogens with one attached hydrogen (secondary N) is 1. The van der Waals surface area contributed by atoms with Crippen LogP contribution in [0, 0.1) is 11.3 Å². The van der Waals surface area contributed by atoms with Crippen molar-refractivity contribution in [1.29, 1.82) is 5.26 Å². The second-order valence-electron chi connectivity index (χ2n) is 4.50. The Kier molecular flexibility index (Phi) is 2.79. The Hall–Kier alpha value is -1.27. The lowest BCUT2D eigenvalue weighted by atomic mass is 10.0. The molecule has 0 unspecified atom stereocenters. The minimum atomic E-state index is 0.263. The predicted molar refractivity (Wildman–Crippen MR) is 57.1 cm³/mol. The Bertz CT molecular complexity index is 369. The number of hydrogen-bond donors (Lipinski definition) is 1. The summed E-state index contributed by atoms with van der Waals surface area (Å²) in [4.78, 5) is 0. The second kappa shape index (κ2) is 4.08. The van der Waals surface area contributed by atoms with Crippen molar-refractivity contribution in [1.82, 2.24) is 5.32 Å². The zero-order chi connectivity index (χ0) is 10.7. The van der Waals surface area contributed by atoms with Gasteiger partial charge >= 0.3 is 0 Å². The van der Waals surface area contributed by atoms with Gasteiger partial charge in [-0.25, -0.2) is 0 Å². The van der Waals surface area contributed by atoms with Crippen LogP contribution in [0.25, 0.3) is 0 Å². The number of nitrogens with zero attached hydrogens (tertiary/aromatic N) is 1. The fourth-order valence-electron chi connectivity index (χ4n) is 2.17. The number of nitriles is 1. The number of furan rings is 1. The summed E-state index contributed by atoms with van der Waals surface area (Å²) in [6.45, 7) is 2.98. The highest BCUT2D eigenvalue weighted by Crippen LogP contribution is 2.29. The Morgan fingerprint density at radius 1 is 1.47 bits per heavy atom. The van der Waals surface area contributed by atoms with Crippen molar-refractivity contribution in [3.8, 4) is 6.07 Å². The molecule has 0 amide bonds. The third-order valence-electron chi connectivity index (χ3n) is 3.17. The van der Waals surface area contributed by atoms with Gasteiger partial charge < -0.3 is 9.73 Å². The van der Waals surface area contributed by atoms with Gasteiger partial charge in [-0.05, 0) is 31.9 Å². The highest BCUT2D eigenvalue weighted by Gasteiger charge is 2.27. The van der Waals surface area contributed by atoms with E-state index in [9.17, 15) is 0 Å². The van der Waals surface area contributed by atoms with Gasteiger partial charge in [0, 0.05) is 5.54 Å². The second-order valence-corrected chi connectivity index (χ2v) is 4.50. The van der Waals surface area contributed by atoms with Crippen LogP contribution in [0.1, 0.15) is 44.1 Å². The maximum absolute atomic E-state index is 8.62. The molecule has 0 saturated heterocycles. The SMILES string of the molecule is CC1(NCc2ccc(C#N)o2)CCCC1. The van der Waals surface area contributed by atoms with Crippen molar-refractivity contribution in [2.75, 3.05) is 0 Å². The maximum Gasteiger partial charge on any atom is 0.203 e. The van der Waals surface area contributed by atoms with E-state index in [1.165, 1.54) is 25.7 Å². The molecule has 0 radical (unpaired) electrons. The zero-order valence-corrected chi connectivity index (χ0v) is 9.05. The van der Waals surface area contributed by atoms with E-state index in [4.69, 9.17) is 9.68 Å². The lowest BCUT2D eigenvalue weighted by Gasteiger charge is -2.24. The van der Waals surface area contributed by atoms with Crippen molar-refractivity contribution < 1.29 is 4.42 Å². The normalized spacial score (nSPS) is 18.9. The molecule has 1 saturated carbocycles. The van der Waals surface area contributed by atoms with E-state index >= 15 is 0 Å². The molecule has 0 atom stereocenters. The molecule has 2 rings (SSSR count). The van der Waals surface area contributed by atoms with Gasteiger partial charge in [0.05, 0.1) is 6.54 Å². The first-order valence-electron chi connectivity index (χ1n) is 5.46. The maximum atomic E-state index is 8.62. The van der Waals surface area contributed by atoms with Crippen molar-refractivity contribution >= 4 is 0 Å². The largest absolute Gasteiger partial charge is 0.449 e. The summed E-state index contributed by atoms with van der Waals surface area (Å²) in [5, 5.41) is 12.1. The minimum Gasteiger partial charge on any atom is -0.449 e. The Morgan fingerprint density at radius 2 is 2.20 bits per heavy atom. The third-order valence-corrected chi connectivity index (χ3v) is 3.17. The summed E-state index contributed by atoms with van der Waals surface area (Å²) < 4.78 is 5.31. The van der Waals surface area contributed by atoms with Crippen LogP contribution in [0.5, 0.6) is 0 Å². The molecule has 1 aromatic heterocycles. The fourth-order valence-corrected chi connectivity index (χ4v) is 2.17. The van der Waals surface area contributed by atoms with Crippen molar-refractivity contribution in [2.24, 2.45) is 0 Å². The molecule has 15 heavy (non-hydrogen) atoms. The van der Waals surface area contributed by atoms with Crippen molar-refractivity contribution in [3.63, 3.8) is 0 Å². The van der Waals surface area contributed by atoms with Crippen LogP contribution in [0.4, 0.5) is 0 Å². The molecule has 0 bridgehead atoms. The Balaban J connectivity index is 1.90. The van der Waals surface area contributed by atoms with Crippen LogP contribution in [0.15, 0.2) is 16.5 Å². The van der Waals surface area contributed by atoms with Crippen LogP contribution in [-0.2, 0) is 6.54 Å². The molecule has 80 valence electrons. The van der Waals surface area contributed by atoms with Gasteiger partial charge in [-0.3, -0.25) is 0 Å². The molecule has 1 fully saturated rings. The summed E-state index contributed by atoms with van der Waals surface area (Å²) >= 11 is 0. The molecule has 1 N–H and O–H groups in total. The molecule has 1 heterocycles. The van der Waals surface area contributed by atoms with Gasteiger partial charge in [-0.2, -0.15) is 5.26 Å². The van der Waals surface area contributed by atoms with Crippen LogP contribution in [0.2, 0.25) is 0 Å². The monoisotopic (exact) mass is 204 g/mol. The fraction of sp³-hybridized carbons (Fsp3) is 0.583. The van der Waals surface area contributed by atoms with Crippen LogP contribution in [0.3, 0.4) is 0 Å². The number of hydrogen-bond acceptors (Lipinski definition) is 3. The van der Waals surface area contributed by atoms with E-state index in [0.717, 1.165) is 12.3 Å². The number of rotatable bonds is 3. The Labute approximate surface area is 90.1 Å². The van der Waals surface area contributed by atoms with Crippen LogP contribution < -0.4 is 5.32 Å². The first-order chi connectivity index (χ1) is 7.22. The molecule has 0 spiro atoms. The van der Waals surface area contributed by atoms with Crippen molar-refractivity contribution in [2.45, 2.75) is 44.7 Å². The van der Waals surface area contributed by atoms with E-state index < -0.39 is 0 Å². The topological polar surface area (TPSA) is 49.0 Å². The van der Waals surface area contributed by atoms with Crippen LogP contribution in [-0.4, -0.2) is 5.54 Å². The summed E-state index contributed by atoms with van der Waals surface area (Å²) in [5.74, 6) is 1.24. The molecule has 1 aromatic rings. The van der Waals surface area contributed by atoms with Gasteiger partial charge in [0.2, 0.25) is 5.76 Å². The zero-order valence-electron chi connectivity index (χ0n) is 9.05. The standard InChI is InChI=1S/C12H16N2O/c1-12(6-2-3-7-12)14-9-11-5-4-10(8-13)15-11/h4-5,14H,2-3,6-7,9H2,1H3. The molecule has 3 heteroatoms. The van der Waals surface area contributed by atoms with Gasteiger partial charge in [0.25, 0.3) is 0 Å². The summed E-state index contributed by atoms with van der Waals surface area (Å²) in [6, 6.07) is 5.57. The van der Waals surface area contributed by atoms with Gasteiger partial charge in [0.1, 0.15) is 11.8 Å². The van der Waals surface area contributed by atoms with E-state index in [1.54, 1.807) is 6.07 Å². The molecular formula is C12H16N2O. The third kappa shape index (κ3) is 2.40. The highest BCUT2D eigenvalue weighted by atomic mass is 16.3. The molecule has 1 aliphatic rings. The Morgan fingerprint density at radius 3 is 2.80 bits per heavy atom. The van der Waals surface area contributed by atoms with Gasteiger partial charge in [-0.15, -0.1) is 0 Å². The van der Waals surface area contributed by atoms with Crippen LogP contribution >= 0.6 is 0 Å². The van der Waals surface area contributed by atoms with E-state index in [-0.39, 0.29) is 5.54 Å². The highest BCUT2D eigenvalue weighted by molar-refractivity contribution is 5.19. The molecule has 3 nitrogen and oxygen atoms in total. The van der Waals surface area contributed by atoms with E-state index in [2.05, 4.69) is 12.2 Å². The van der Waals surface area contributed by atoms with Crippen molar-refractivity contribution in [3.05, 3.63) is 23.7 Å². The first kappa shape index (κ1) is 10.3. The summed E-state index contributed by atoms with van der Waals surface area (Å²) in [7, 11) is 0. The smallest absolute Gasteiger partial charge is 0.203 e. The van der Waals surface area contributed by atoms with E-state index in [0.29, 0.717) is 5.76 Å². The minimum absolute atomic E-state index is 0.263. The lowest BCUT2D eigenvalue weighted by Crippen LogP contribution is -2.38. The average Bonchev–Trinajstić information content (AvgIpc) is 2.84. The molecule has 1 aliphatic carbocycles. The quantitative estimate of drug-likeness (QED) is 0.823. The molecule has 0 aromatic carbocycles. The molecule has 0 aliphatic heterocycles. The summed E-state index contributed by atoms with van der Waals surface area (Å²) in [6.07, 6.45) is 5.09. The predicted octanol–water partition coefficient (Wildman–Crippen LogP) is 2.57. The first-order valence-corrected chi connectivity index (χ1v) is 5.46. The molecular weight excluding hydrogens is 188 g/mol.